The number of benzene rings is 1. The molecule has 1 aromatic rings. The highest BCUT2D eigenvalue weighted by Crippen LogP contribution is 2.27. The Bertz CT molecular complexity index is 571. The first-order valence-electron chi connectivity index (χ1n) is 8.24. The van der Waals surface area contributed by atoms with Crippen molar-refractivity contribution in [2.45, 2.75) is 45.6 Å². The quantitative estimate of drug-likeness (QED) is 0.854. The molecule has 0 bridgehead atoms. The summed E-state index contributed by atoms with van der Waals surface area (Å²) < 4.78 is 0. The Balaban J connectivity index is 0.00000288. The number of hydrogen-bond acceptors (Lipinski definition) is 3. The van der Waals surface area contributed by atoms with Crippen molar-refractivity contribution in [3.8, 4) is 0 Å². The molecule has 0 unspecified atom stereocenters. The molecule has 1 saturated carbocycles. The monoisotopic (exact) mass is 353 g/mol. The highest BCUT2D eigenvalue weighted by molar-refractivity contribution is 5.95. The van der Waals surface area contributed by atoms with Gasteiger partial charge >= 0.3 is 0 Å². The topological polar surface area (TPSA) is 75.4 Å². The fourth-order valence-electron chi connectivity index (χ4n) is 3.19. The van der Waals surface area contributed by atoms with E-state index in [2.05, 4.69) is 5.32 Å². The molecule has 2 atom stereocenters. The van der Waals surface area contributed by atoms with Crippen LogP contribution in [0.4, 0.5) is 5.69 Å². The van der Waals surface area contributed by atoms with Crippen molar-refractivity contribution in [1.29, 1.82) is 0 Å². The van der Waals surface area contributed by atoms with Crippen LogP contribution in [0.2, 0.25) is 0 Å². The summed E-state index contributed by atoms with van der Waals surface area (Å²) in [6, 6.07) is 5.99. The predicted octanol–water partition coefficient (Wildman–Crippen LogP) is 2.64. The van der Waals surface area contributed by atoms with Crippen LogP contribution in [-0.2, 0) is 9.59 Å². The van der Waals surface area contributed by atoms with Crippen LogP contribution in [-0.4, -0.2) is 36.3 Å². The molecule has 0 saturated heterocycles. The number of rotatable bonds is 5. The van der Waals surface area contributed by atoms with E-state index < -0.39 is 0 Å². The van der Waals surface area contributed by atoms with Gasteiger partial charge in [0.05, 0.1) is 6.54 Å². The van der Waals surface area contributed by atoms with Crippen LogP contribution < -0.4 is 11.1 Å². The first kappa shape index (κ1) is 20.5. The Kier molecular flexibility index (Phi) is 7.70. The lowest BCUT2D eigenvalue weighted by Gasteiger charge is -2.21. The zero-order valence-electron chi connectivity index (χ0n) is 14.7. The zero-order chi connectivity index (χ0) is 17.0. The summed E-state index contributed by atoms with van der Waals surface area (Å²) in [5, 5.41) is 2.91. The number of hydrogen-bond donors (Lipinski definition) is 2. The lowest BCUT2D eigenvalue weighted by molar-refractivity contribution is -0.134. The highest BCUT2D eigenvalue weighted by Gasteiger charge is 2.27. The minimum absolute atomic E-state index is 0. The molecule has 0 heterocycles. The minimum atomic E-state index is -0.172. The summed E-state index contributed by atoms with van der Waals surface area (Å²) in [5.41, 5.74) is 8.88. The Morgan fingerprint density at radius 1 is 1.25 bits per heavy atom. The van der Waals surface area contributed by atoms with Crippen LogP contribution in [0.3, 0.4) is 0 Å². The summed E-state index contributed by atoms with van der Waals surface area (Å²) in [5.74, 6) is 0.0737. The molecule has 1 aliphatic carbocycles. The molecule has 0 aromatic heterocycles. The first-order valence-corrected chi connectivity index (χ1v) is 8.24. The molecular formula is C18H28ClN3O2. The third-order valence-electron chi connectivity index (χ3n) is 4.71. The van der Waals surface area contributed by atoms with E-state index in [4.69, 9.17) is 5.73 Å². The molecule has 134 valence electrons. The molecule has 3 N–H and O–H groups in total. The molecule has 24 heavy (non-hydrogen) atoms. The predicted molar refractivity (Wildman–Crippen MR) is 99.4 cm³/mol. The maximum Gasteiger partial charge on any atom is 0.243 e. The van der Waals surface area contributed by atoms with E-state index in [0.29, 0.717) is 6.42 Å². The number of para-hydroxylation sites is 1. The molecule has 0 spiro atoms. The van der Waals surface area contributed by atoms with Gasteiger partial charge in [-0.1, -0.05) is 24.6 Å². The van der Waals surface area contributed by atoms with Crippen molar-refractivity contribution in [2.24, 2.45) is 11.7 Å². The molecule has 0 aliphatic heterocycles. The van der Waals surface area contributed by atoms with Crippen LogP contribution >= 0.6 is 12.4 Å². The van der Waals surface area contributed by atoms with Gasteiger partial charge < -0.3 is 16.0 Å². The van der Waals surface area contributed by atoms with Gasteiger partial charge in [0, 0.05) is 25.2 Å². The highest BCUT2D eigenvalue weighted by atomic mass is 35.5. The maximum atomic E-state index is 12.3. The number of nitrogens with zero attached hydrogens (tertiary/aromatic N) is 1. The van der Waals surface area contributed by atoms with Crippen LogP contribution in [0.1, 0.15) is 36.8 Å². The average Bonchev–Trinajstić information content (AvgIpc) is 2.88. The van der Waals surface area contributed by atoms with Gasteiger partial charge in [-0.3, -0.25) is 9.59 Å². The van der Waals surface area contributed by atoms with E-state index in [9.17, 15) is 9.59 Å². The Morgan fingerprint density at radius 2 is 1.88 bits per heavy atom. The summed E-state index contributed by atoms with van der Waals surface area (Å²) in [6.07, 6.45) is 3.54. The molecule has 2 amide bonds. The van der Waals surface area contributed by atoms with Gasteiger partial charge in [-0.05, 0) is 43.7 Å². The van der Waals surface area contributed by atoms with Crippen molar-refractivity contribution in [3.63, 3.8) is 0 Å². The normalized spacial score (nSPS) is 19.5. The van der Waals surface area contributed by atoms with Gasteiger partial charge in [0.25, 0.3) is 0 Å². The standard InChI is InChI=1S/C18H27N3O2.ClH/c1-12-6-4-7-13(2)18(12)20-16(22)11-21(3)17(23)10-14-8-5-9-15(14)19;/h4,6-7,14-15H,5,8-11,19H2,1-3H3,(H,20,22);1H/t14-,15+;/m0./s1. The fraction of sp³-hybridized carbons (Fsp3) is 0.556. The molecule has 2 rings (SSSR count). The average molecular weight is 354 g/mol. The van der Waals surface area contributed by atoms with E-state index in [1.165, 1.54) is 4.90 Å². The number of likely N-dealkylation sites (N-methyl/N-ethyl adjacent to an activating group) is 1. The number of halogens is 1. The first-order chi connectivity index (χ1) is 10.9. The SMILES string of the molecule is Cc1cccc(C)c1NC(=O)CN(C)C(=O)C[C@@H]1CCC[C@H]1N.Cl. The number of carbonyl (C=O) groups excluding carboxylic acids is 2. The molecule has 5 nitrogen and oxygen atoms in total. The van der Waals surface area contributed by atoms with Crippen LogP contribution in [0.15, 0.2) is 18.2 Å². The number of aryl methyl sites for hydroxylation is 2. The molecule has 1 aliphatic rings. The lowest BCUT2D eigenvalue weighted by Crippen LogP contribution is -2.37. The van der Waals surface area contributed by atoms with Gasteiger partial charge in [-0.2, -0.15) is 0 Å². The largest absolute Gasteiger partial charge is 0.336 e. The Labute approximate surface area is 150 Å². The summed E-state index contributed by atoms with van der Waals surface area (Å²) in [4.78, 5) is 26.0. The van der Waals surface area contributed by atoms with E-state index >= 15 is 0 Å². The molecule has 6 heteroatoms. The van der Waals surface area contributed by atoms with Crippen molar-refractivity contribution in [3.05, 3.63) is 29.3 Å². The smallest absolute Gasteiger partial charge is 0.243 e. The van der Waals surface area contributed by atoms with Gasteiger partial charge in [0.2, 0.25) is 11.8 Å². The fourth-order valence-corrected chi connectivity index (χ4v) is 3.19. The third-order valence-corrected chi connectivity index (χ3v) is 4.71. The summed E-state index contributed by atoms with van der Waals surface area (Å²) in [7, 11) is 1.67. The molecular weight excluding hydrogens is 326 g/mol. The van der Waals surface area contributed by atoms with E-state index in [1.54, 1.807) is 7.05 Å². The van der Waals surface area contributed by atoms with Crippen molar-refractivity contribution < 1.29 is 9.59 Å². The second-order valence-electron chi connectivity index (χ2n) is 6.62. The summed E-state index contributed by atoms with van der Waals surface area (Å²) >= 11 is 0. The van der Waals surface area contributed by atoms with Crippen LogP contribution in [0, 0.1) is 19.8 Å². The Hall–Kier alpha value is -1.59. The van der Waals surface area contributed by atoms with Crippen molar-refractivity contribution >= 4 is 29.9 Å². The molecule has 1 fully saturated rings. The van der Waals surface area contributed by atoms with Gasteiger partial charge in [0.15, 0.2) is 0 Å². The third kappa shape index (κ3) is 5.21. The maximum absolute atomic E-state index is 12.3. The molecule has 1 aromatic carbocycles. The van der Waals surface area contributed by atoms with E-state index in [-0.39, 0.29) is 42.7 Å². The van der Waals surface area contributed by atoms with E-state index in [1.807, 2.05) is 32.0 Å². The number of nitrogens with two attached hydrogens (primary N) is 1. The lowest BCUT2D eigenvalue weighted by atomic mass is 9.99. The van der Waals surface area contributed by atoms with E-state index in [0.717, 1.165) is 36.1 Å². The van der Waals surface area contributed by atoms with Crippen LogP contribution in [0.25, 0.3) is 0 Å². The molecule has 0 radical (unpaired) electrons. The van der Waals surface area contributed by atoms with Crippen molar-refractivity contribution in [2.75, 3.05) is 18.9 Å². The number of carbonyl (C=O) groups is 2. The minimum Gasteiger partial charge on any atom is -0.336 e. The second kappa shape index (κ2) is 9.04. The second-order valence-corrected chi connectivity index (χ2v) is 6.62. The van der Waals surface area contributed by atoms with Crippen molar-refractivity contribution in [1.82, 2.24) is 4.90 Å². The van der Waals surface area contributed by atoms with Gasteiger partial charge in [-0.15, -0.1) is 12.4 Å². The number of anilines is 1. The van der Waals surface area contributed by atoms with Crippen LogP contribution in [0.5, 0.6) is 0 Å². The zero-order valence-corrected chi connectivity index (χ0v) is 15.5. The number of nitrogens with one attached hydrogen (secondary N) is 1. The summed E-state index contributed by atoms with van der Waals surface area (Å²) in [6.45, 7) is 3.98. The van der Waals surface area contributed by atoms with Gasteiger partial charge in [-0.25, -0.2) is 0 Å². The Morgan fingerprint density at radius 3 is 2.42 bits per heavy atom. The van der Waals surface area contributed by atoms with Gasteiger partial charge in [0.1, 0.15) is 0 Å². The number of amides is 2.